The van der Waals surface area contributed by atoms with Crippen molar-refractivity contribution in [1.82, 2.24) is 24.7 Å². The molecule has 0 amide bonds. The molecule has 0 atom stereocenters. The third kappa shape index (κ3) is 5.04. The summed E-state index contributed by atoms with van der Waals surface area (Å²) in [6.07, 6.45) is -2.28. The van der Waals surface area contributed by atoms with E-state index in [-0.39, 0.29) is 43.8 Å². The maximum Gasteiger partial charge on any atom is 2.00 e. The van der Waals surface area contributed by atoms with Crippen LogP contribution >= 0.6 is 0 Å². The van der Waals surface area contributed by atoms with Gasteiger partial charge in [0.05, 0.1) is 11.5 Å². The van der Waals surface area contributed by atoms with E-state index in [4.69, 9.17) is 0 Å². The Bertz CT molecular complexity index is 1340. The smallest absolute Gasteiger partial charge is 0.343 e. The van der Waals surface area contributed by atoms with Crippen LogP contribution in [0.25, 0.3) is 17.1 Å². The summed E-state index contributed by atoms with van der Waals surface area (Å²) in [4.78, 5) is 11.7. The number of rotatable bonds is 4. The summed E-state index contributed by atoms with van der Waals surface area (Å²) in [5.41, 5.74) is -2.22. The molecule has 4 rings (SSSR count). The molecule has 4 aromatic rings. The minimum absolute atomic E-state index is 0. The van der Waals surface area contributed by atoms with Gasteiger partial charge in [-0.25, -0.2) is 13.2 Å². The van der Waals surface area contributed by atoms with Gasteiger partial charge in [0, 0.05) is 16.8 Å². The molecular formula is C22H13F6N5Pt. The Hall–Kier alpha value is -3.07. The fourth-order valence-corrected chi connectivity index (χ4v) is 3.06. The Labute approximate surface area is 204 Å². The van der Waals surface area contributed by atoms with Crippen molar-refractivity contribution in [1.29, 1.82) is 0 Å². The van der Waals surface area contributed by atoms with Crippen LogP contribution in [0.15, 0.2) is 42.5 Å². The van der Waals surface area contributed by atoms with E-state index in [0.717, 1.165) is 22.9 Å². The van der Waals surface area contributed by atoms with Crippen LogP contribution in [-0.2, 0) is 32.7 Å². The first-order valence-corrected chi connectivity index (χ1v) is 9.40. The first-order chi connectivity index (χ1) is 15.4. The zero-order valence-electron chi connectivity index (χ0n) is 17.4. The summed E-state index contributed by atoms with van der Waals surface area (Å²) in [6, 6.07) is 10.5. The van der Waals surface area contributed by atoms with E-state index in [9.17, 15) is 26.3 Å². The van der Waals surface area contributed by atoms with Gasteiger partial charge in [-0.3, -0.25) is 20.1 Å². The van der Waals surface area contributed by atoms with E-state index in [1.165, 1.54) is 6.07 Å². The molecule has 0 radical (unpaired) electrons. The second-order valence-electron chi connectivity index (χ2n) is 7.52. The number of hydrogen-bond donors (Lipinski definition) is 0. The number of aromatic nitrogens is 5. The largest absolute Gasteiger partial charge is 2.00 e. The zero-order valence-corrected chi connectivity index (χ0v) is 19.6. The van der Waals surface area contributed by atoms with E-state index in [0.29, 0.717) is 11.8 Å². The van der Waals surface area contributed by atoms with Crippen molar-refractivity contribution in [2.75, 3.05) is 0 Å². The summed E-state index contributed by atoms with van der Waals surface area (Å²) in [7, 11) is 0. The van der Waals surface area contributed by atoms with Crippen LogP contribution < -0.4 is 0 Å². The summed E-state index contributed by atoms with van der Waals surface area (Å²) < 4.78 is 81.1. The molecule has 34 heavy (non-hydrogen) atoms. The summed E-state index contributed by atoms with van der Waals surface area (Å²) >= 11 is 0. The monoisotopic (exact) mass is 656 g/mol. The van der Waals surface area contributed by atoms with Crippen molar-refractivity contribution >= 4 is 0 Å². The molecule has 12 heteroatoms. The predicted molar refractivity (Wildman–Crippen MR) is 104 cm³/mol. The molecule has 0 fully saturated rings. The van der Waals surface area contributed by atoms with Crippen molar-refractivity contribution in [3.63, 3.8) is 0 Å². The van der Waals surface area contributed by atoms with E-state index in [1.807, 2.05) is 0 Å². The zero-order chi connectivity index (χ0) is 24.0. The fourth-order valence-electron chi connectivity index (χ4n) is 3.06. The molecular weight excluding hydrogens is 643 g/mol. The number of halogens is 6. The molecule has 0 saturated heterocycles. The van der Waals surface area contributed by atoms with E-state index in [2.05, 4.69) is 32.3 Å². The van der Waals surface area contributed by atoms with Crippen molar-refractivity contribution in [2.45, 2.75) is 25.4 Å². The number of alkyl halides is 3. The molecule has 0 spiro atoms. The average molecular weight is 656 g/mol. The van der Waals surface area contributed by atoms with Gasteiger partial charge in [0.2, 0.25) is 0 Å². The summed E-state index contributed by atoms with van der Waals surface area (Å²) in [5.74, 6) is -2.98. The Balaban J connectivity index is 0.00000324. The Morgan fingerprint density at radius 2 is 1.62 bits per heavy atom. The average Bonchev–Trinajstić information content (AvgIpc) is 3.24. The van der Waals surface area contributed by atoms with Crippen LogP contribution in [0.1, 0.15) is 30.9 Å². The maximum absolute atomic E-state index is 14.4. The fraction of sp³-hybridized carbons (Fsp3) is 0.182. The van der Waals surface area contributed by atoms with E-state index >= 15 is 0 Å². The minimum Gasteiger partial charge on any atom is -0.343 e. The van der Waals surface area contributed by atoms with Crippen molar-refractivity contribution in [3.05, 3.63) is 89.5 Å². The van der Waals surface area contributed by atoms with Gasteiger partial charge in [-0.2, -0.15) is 13.2 Å². The molecule has 0 saturated carbocycles. The molecule has 4 aromatic heterocycles. The Morgan fingerprint density at radius 3 is 2.26 bits per heavy atom. The SMILES string of the molecule is CC(C)(c1cc(F)cc(-c2[c-]cc(F)nc2F)n1)c1cccc(-n2[c-]cc(C(F)(F)F)n2)n1.[Pt+2]. The predicted octanol–water partition coefficient (Wildman–Crippen LogP) is 5.08. The molecule has 0 unspecified atom stereocenters. The maximum atomic E-state index is 14.4. The van der Waals surface area contributed by atoms with Gasteiger partial charge in [0.15, 0.2) is 0 Å². The normalized spacial score (nSPS) is 11.9. The summed E-state index contributed by atoms with van der Waals surface area (Å²) in [6.45, 7) is 3.31. The van der Waals surface area contributed by atoms with Gasteiger partial charge in [0.1, 0.15) is 17.7 Å². The van der Waals surface area contributed by atoms with Gasteiger partial charge in [-0.1, -0.05) is 30.0 Å². The van der Waals surface area contributed by atoms with Gasteiger partial charge < -0.3 is 4.68 Å². The Morgan fingerprint density at radius 1 is 0.882 bits per heavy atom. The number of pyridine rings is 3. The van der Waals surface area contributed by atoms with Crippen LogP contribution in [0, 0.1) is 30.0 Å². The number of nitrogens with zero attached hydrogens (tertiary/aromatic N) is 5. The summed E-state index contributed by atoms with van der Waals surface area (Å²) in [5, 5.41) is 3.45. The third-order valence-electron chi connectivity index (χ3n) is 4.85. The van der Waals surface area contributed by atoms with Crippen molar-refractivity contribution in [2.24, 2.45) is 0 Å². The van der Waals surface area contributed by atoms with Gasteiger partial charge in [-0.05, 0) is 37.7 Å². The van der Waals surface area contributed by atoms with Crippen LogP contribution in [0.3, 0.4) is 0 Å². The second kappa shape index (κ2) is 9.29. The van der Waals surface area contributed by atoms with Crippen LogP contribution in [0.4, 0.5) is 26.3 Å². The molecule has 0 N–H and O–H groups in total. The standard InChI is InChI=1S/C22H13F6N5.Pt/c1-21(2,15-4-3-5-19(30-15)33-9-8-16(32-33)22(26,27)28)17-11-12(23)10-14(29-17)13-6-7-18(24)31-20(13)25;/h3-5,7-8,10-11H,1-2H3;/q-2;+2. The van der Waals surface area contributed by atoms with Crippen molar-refractivity contribution < 1.29 is 47.4 Å². The van der Waals surface area contributed by atoms with Crippen molar-refractivity contribution in [3.8, 4) is 17.1 Å². The minimum atomic E-state index is -4.64. The van der Waals surface area contributed by atoms with Crippen LogP contribution in [0.2, 0.25) is 0 Å². The van der Waals surface area contributed by atoms with E-state index in [1.54, 1.807) is 26.0 Å². The van der Waals surface area contributed by atoms with Gasteiger partial charge >= 0.3 is 27.2 Å². The quantitative estimate of drug-likeness (QED) is 0.175. The third-order valence-corrected chi connectivity index (χ3v) is 4.85. The second-order valence-corrected chi connectivity index (χ2v) is 7.52. The van der Waals surface area contributed by atoms with Gasteiger partial charge in [-0.15, -0.1) is 12.1 Å². The molecule has 5 nitrogen and oxygen atoms in total. The number of hydrogen-bond acceptors (Lipinski definition) is 4. The molecule has 0 aliphatic heterocycles. The first kappa shape index (κ1) is 25.5. The molecule has 0 aromatic carbocycles. The molecule has 0 bridgehead atoms. The molecule has 4 heterocycles. The van der Waals surface area contributed by atoms with Gasteiger partial charge in [0.25, 0.3) is 0 Å². The topological polar surface area (TPSA) is 56.5 Å². The van der Waals surface area contributed by atoms with Crippen LogP contribution in [-0.4, -0.2) is 24.7 Å². The van der Waals surface area contributed by atoms with E-state index < -0.39 is 35.0 Å². The Kier molecular flexibility index (Phi) is 6.98. The molecule has 0 aliphatic rings. The molecule has 178 valence electrons. The van der Waals surface area contributed by atoms with Crippen LogP contribution in [0.5, 0.6) is 0 Å². The first-order valence-electron chi connectivity index (χ1n) is 9.40. The molecule has 0 aliphatic carbocycles.